The van der Waals surface area contributed by atoms with Gasteiger partial charge in [-0.1, -0.05) is 6.07 Å². The smallest absolute Gasteiger partial charge is 0.0292 e. The van der Waals surface area contributed by atoms with Gasteiger partial charge in [0, 0.05) is 25.7 Å². The molecule has 0 aliphatic carbocycles. The maximum atomic E-state index is 5.88. The molecule has 1 aromatic rings. The first-order valence-corrected chi connectivity index (χ1v) is 7.07. The molecule has 0 spiro atoms. The maximum Gasteiger partial charge on any atom is 0.0292 e. The Hall–Kier alpha value is -0.900. The van der Waals surface area contributed by atoms with E-state index < -0.39 is 0 Å². The minimum atomic E-state index is 0.0754. The molecule has 0 fully saturated rings. The summed E-state index contributed by atoms with van der Waals surface area (Å²) >= 11 is 0. The summed E-state index contributed by atoms with van der Waals surface area (Å²) in [5, 5.41) is 0. The van der Waals surface area contributed by atoms with Crippen molar-refractivity contribution in [2.75, 3.05) is 26.7 Å². The Bertz CT molecular complexity index is 400. The van der Waals surface area contributed by atoms with Crippen LogP contribution in [0.2, 0.25) is 0 Å². The van der Waals surface area contributed by atoms with Gasteiger partial charge in [-0.05, 0) is 69.0 Å². The third kappa shape index (κ3) is 4.30. The second-order valence-corrected chi connectivity index (χ2v) is 5.75. The van der Waals surface area contributed by atoms with E-state index in [0.717, 1.165) is 19.5 Å². The fraction of sp³-hybridized carbons (Fsp3) is 0.625. The lowest BCUT2D eigenvalue weighted by molar-refractivity contribution is 0.316. The van der Waals surface area contributed by atoms with Crippen molar-refractivity contribution in [3.05, 3.63) is 33.9 Å². The Morgan fingerprint density at radius 1 is 1.11 bits per heavy atom. The van der Waals surface area contributed by atoms with Crippen LogP contribution in [0.15, 0.2) is 6.07 Å². The summed E-state index contributed by atoms with van der Waals surface area (Å²) in [5.74, 6) is 0. The second kappa shape index (κ2) is 7.04. The van der Waals surface area contributed by atoms with Crippen LogP contribution in [-0.2, 0) is 6.42 Å². The van der Waals surface area contributed by atoms with Gasteiger partial charge >= 0.3 is 0 Å². The van der Waals surface area contributed by atoms with Gasteiger partial charge in [0.05, 0.1) is 0 Å². The van der Waals surface area contributed by atoms with E-state index >= 15 is 0 Å². The van der Waals surface area contributed by atoms with Gasteiger partial charge in [-0.2, -0.15) is 0 Å². The molecule has 1 rings (SSSR count). The molecule has 1 unspecified atom stereocenters. The van der Waals surface area contributed by atoms with Crippen molar-refractivity contribution in [1.29, 1.82) is 0 Å². The van der Waals surface area contributed by atoms with E-state index in [-0.39, 0.29) is 6.04 Å². The molecular formula is C16H29N3. The molecule has 1 atom stereocenters. The van der Waals surface area contributed by atoms with Gasteiger partial charge in [0.2, 0.25) is 0 Å². The Morgan fingerprint density at radius 3 is 2.11 bits per heavy atom. The summed E-state index contributed by atoms with van der Waals surface area (Å²) in [6, 6.07) is 2.36. The molecule has 0 aromatic heterocycles. The fourth-order valence-corrected chi connectivity index (χ4v) is 2.54. The first kappa shape index (κ1) is 16.2. The van der Waals surface area contributed by atoms with Crippen LogP contribution in [0.5, 0.6) is 0 Å². The minimum absolute atomic E-state index is 0.0754. The molecule has 0 saturated heterocycles. The van der Waals surface area contributed by atoms with E-state index in [2.05, 4.69) is 45.7 Å². The van der Waals surface area contributed by atoms with Crippen molar-refractivity contribution in [1.82, 2.24) is 4.90 Å². The zero-order valence-electron chi connectivity index (χ0n) is 13.1. The van der Waals surface area contributed by atoms with Gasteiger partial charge in [0.15, 0.2) is 0 Å². The highest BCUT2D eigenvalue weighted by Gasteiger charge is 2.10. The van der Waals surface area contributed by atoms with E-state index in [1.807, 2.05) is 0 Å². The number of rotatable bonds is 6. The van der Waals surface area contributed by atoms with Crippen LogP contribution in [0.1, 0.15) is 27.8 Å². The summed E-state index contributed by atoms with van der Waals surface area (Å²) in [7, 11) is 2.11. The molecule has 0 aliphatic rings. The van der Waals surface area contributed by atoms with Gasteiger partial charge in [-0.15, -0.1) is 0 Å². The van der Waals surface area contributed by atoms with Crippen LogP contribution >= 0.6 is 0 Å². The lowest BCUT2D eigenvalue weighted by Crippen LogP contribution is -2.41. The normalized spacial score (nSPS) is 13.1. The van der Waals surface area contributed by atoms with Gasteiger partial charge in [-0.25, -0.2) is 0 Å². The lowest BCUT2D eigenvalue weighted by Gasteiger charge is -2.22. The summed E-state index contributed by atoms with van der Waals surface area (Å²) in [5.41, 5.74) is 18.6. The first-order chi connectivity index (χ1) is 8.86. The number of aryl methyl sites for hydroxylation is 2. The molecule has 3 nitrogen and oxygen atoms in total. The third-order valence-corrected chi connectivity index (χ3v) is 4.11. The number of nitrogens with zero attached hydrogens (tertiary/aromatic N) is 1. The molecule has 4 N–H and O–H groups in total. The molecular weight excluding hydrogens is 234 g/mol. The van der Waals surface area contributed by atoms with E-state index in [1.165, 1.54) is 27.8 Å². The largest absolute Gasteiger partial charge is 0.329 e. The monoisotopic (exact) mass is 263 g/mol. The van der Waals surface area contributed by atoms with Crippen LogP contribution in [0.25, 0.3) is 0 Å². The van der Waals surface area contributed by atoms with Crippen LogP contribution in [0, 0.1) is 27.7 Å². The van der Waals surface area contributed by atoms with Crippen LogP contribution in [-0.4, -0.2) is 37.6 Å². The summed E-state index contributed by atoms with van der Waals surface area (Å²) in [6.07, 6.45) is 1.08. The predicted octanol–water partition coefficient (Wildman–Crippen LogP) is 1.68. The standard InChI is InChI=1S/C16H29N3/c1-11-8-12(2)14(4)16(13(11)3)6-7-19(5)10-15(18)9-17/h8,15H,6-7,9-10,17-18H2,1-5H3. The highest BCUT2D eigenvalue weighted by molar-refractivity contribution is 5.44. The van der Waals surface area contributed by atoms with Crippen molar-refractivity contribution >= 4 is 0 Å². The summed E-state index contributed by atoms with van der Waals surface area (Å²) in [6.45, 7) is 11.3. The SMILES string of the molecule is Cc1cc(C)c(C)c(CCN(C)CC(N)CN)c1C. The van der Waals surface area contributed by atoms with E-state index in [0.29, 0.717) is 6.54 Å². The quantitative estimate of drug-likeness (QED) is 0.821. The Balaban J connectivity index is 2.73. The topological polar surface area (TPSA) is 55.3 Å². The van der Waals surface area contributed by atoms with Crippen molar-refractivity contribution in [2.45, 2.75) is 40.2 Å². The number of benzene rings is 1. The molecule has 3 heteroatoms. The molecule has 0 bridgehead atoms. The van der Waals surface area contributed by atoms with Gasteiger partial charge in [0.25, 0.3) is 0 Å². The van der Waals surface area contributed by atoms with Crippen molar-refractivity contribution < 1.29 is 0 Å². The first-order valence-electron chi connectivity index (χ1n) is 7.07. The average molecular weight is 263 g/mol. The number of hydrogen-bond donors (Lipinski definition) is 2. The van der Waals surface area contributed by atoms with E-state index in [9.17, 15) is 0 Å². The molecule has 0 heterocycles. The zero-order chi connectivity index (χ0) is 14.6. The Labute approximate surface area is 118 Å². The Kier molecular flexibility index (Phi) is 5.98. The average Bonchev–Trinajstić information content (AvgIpc) is 2.36. The minimum Gasteiger partial charge on any atom is -0.329 e. The van der Waals surface area contributed by atoms with Crippen molar-refractivity contribution in [3.63, 3.8) is 0 Å². The zero-order valence-corrected chi connectivity index (χ0v) is 13.1. The molecule has 0 aliphatic heterocycles. The number of hydrogen-bond acceptors (Lipinski definition) is 3. The second-order valence-electron chi connectivity index (χ2n) is 5.75. The number of nitrogens with two attached hydrogens (primary N) is 2. The van der Waals surface area contributed by atoms with Crippen LogP contribution in [0.4, 0.5) is 0 Å². The molecule has 1 aromatic carbocycles. The number of likely N-dealkylation sites (N-methyl/N-ethyl adjacent to an activating group) is 1. The summed E-state index contributed by atoms with van der Waals surface area (Å²) < 4.78 is 0. The molecule has 0 amide bonds. The highest BCUT2D eigenvalue weighted by atomic mass is 15.1. The fourth-order valence-electron chi connectivity index (χ4n) is 2.54. The molecule has 108 valence electrons. The molecule has 19 heavy (non-hydrogen) atoms. The van der Waals surface area contributed by atoms with Crippen LogP contribution in [0.3, 0.4) is 0 Å². The van der Waals surface area contributed by atoms with Gasteiger partial charge < -0.3 is 16.4 Å². The summed E-state index contributed by atoms with van der Waals surface area (Å²) in [4.78, 5) is 2.27. The van der Waals surface area contributed by atoms with Gasteiger partial charge in [-0.3, -0.25) is 0 Å². The van der Waals surface area contributed by atoms with E-state index in [1.54, 1.807) is 0 Å². The van der Waals surface area contributed by atoms with Gasteiger partial charge in [0.1, 0.15) is 0 Å². The third-order valence-electron chi connectivity index (χ3n) is 4.11. The van der Waals surface area contributed by atoms with Crippen LogP contribution < -0.4 is 11.5 Å². The van der Waals surface area contributed by atoms with Crippen molar-refractivity contribution in [2.24, 2.45) is 11.5 Å². The lowest BCUT2D eigenvalue weighted by atomic mass is 9.92. The van der Waals surface area contributed by atoms with Crippen molar-refractivity contribution in [3.8, 4) is 0 Å². The van der Waals surface area contributed by atoms with E-state index in [4.69, 9.17) is 11.5 Å². The Morgan fingerprint density at radius 2 is 1.63 bits per heavy atom. The highest BCUT2D eigenvalue weighted by Crippen LogP contribution is 2.22. The maximum absolute atomic E-state index is 5.88. The molecule has 0 saturated carbocycles. The predicted molar refractivity (Wildman–Crippen MR) is 83.6 cm³/mol. The molecule has 0 radical (unpaired) electrons.